The summed E-state index contributed by atoms with van der Waals surface area (Å²) in [4.78, 5) is 72.8. The first-order chi connectivity index (χ1) is 45.1. The average Bonchev–Trinajstić information content (AvgIpc) is 1.38. The number of hydrogen-bond acceptors (Lipinski definition) is 15. The SMILES string of the molecule is CCC(C)CCCCCCCCCCC(=O)O[C@H](COC(=O)CCCCCCCCCCC(C)C)COP(=O)(O)OCC(O)COP(=O)(O)OC[C@@H](COC(=O)CCCCCCCCCCCCCCC(C)C)OC(=O)CCCCCCCCCCCCCCCC(C)C. The summed E-state index contributed by atoms with van der Waals surface area (Å²) in [5, 5.41) is 10.6. The summed E-state index contributed by atoms with van der Waals surface area (Å²) in [7, 11) is -9.91. The molecule has 0 radical (unpaired) electrons. The standard InChI is InChI=1S/C75H146O17P2/c1-9-68(8)54-46-38-30-24-26-34-42-50-58-75(80)92-71(62-86-73(78)56-48-40-32-25-23-29-37-45-53-67(6)7)64-90-94(83,84)88-60-69(76)59-87-93(81,82)89-63-70(61-85-72(77)55-47-39-31-21-17-14-13-16-20-28-36-44-52-66(4)5)91-74(79)57-49-41-33-22-18-12-10-11-15-19-27-35-43-51-65(2)3/h65-71,76H,9-64H2,1-8H3,(H,81,82)(H,83,84)/t68?,69?,70-,71-/m1/s1. The van der Waals surface area contributed by atoms with E-state index in [2.05, 4.69) is 55.4 Å². The molecule has 0 heterocycles. The molecule has 94 heavy (non-hydrogen) atoms. The third-order valence-electron chi connectivity index (χ3n) is 17.7. The van der Waals surface area contributed by atoms with Crippen molar-refractivity contribution in [1.82, 2.24) is 0 Å². The van der Waals surface area contributed by atoms with E-state index in [1.165, 1.54) is 180 Å². The molecule has 0 fully saturated rings. The molecule has 0 aliphatic heterocycles. The van der Waals surface area contributed by atoms with E-state index >= 15 is 0 Å². The van der Waals surface area contributed by atoms with E-state index in [0.29, 0.717) is 25.7 Å². The molecule has 0 aromatic heterocycles. The molecule has 0 amide bonds. The molecule has 3 N–H and O–H groups in total. The third-order valence-corrected chi connectivity index (χ3v) is 19.6. The van der Waals surface area contributed by atoms with E-state index in [1.54, 1.807) is 0 Å². The molecule has 0 spiro atoms. The fourth-order valence-electron chi connectivity index (χ4n) is 11.3. The summed E-state index contributed by atoms with van der Waals surface area (Å²) in [6.45, 7) is 14.2. The van der Waals surface area contributed by atoms with Crippen LogP contribution in [0.2, 0.25) is 0 Å². The van der Waals surface area contributed by atoms with Gasteiger partial charge in [-0.05, 0) is 49.4 Å². The van der Waals surface area contributed by atoms with Gasteiger partial charge in [0.15, 0.2) is 12.2 Å². The molecule has 558 valence electrons. The van der Waals surface area contributed by atoms with E-state index in [0.717, 1.165) is 114 Å². The van der Waals surface area contributed by atoms with Crippen LogP contribution in [0.4, 0.5) is 0 Å². The number of phosphoric ester groups is 2. The first-order valence-corrected chi connectivity index (χ1v) is 41.7. The predicted octanol–water partition coefficient (Wildman–Crippen LogP) is 21.7. The largest absolute Gasteiger partial charge is 0.472 e. The summed E-state index contributed by atoms with van der Waals surface area (Å²) >= 11 is 0. The Morgan fingerprint density at radius 3 is 0.755 bits per heavy atom. The van der Waals surface area contributed by atoms with Gasteiger partial charge in [-0.25, -0.2) is 9.13 Å². The van der Waals surface area contributed by atoms with Gasteiger partial charge in [-0.3, -0.25) is 37.3 Å². The van der Waals surface area contributed by atoms with Crippen molar-refractivity contribution in [1.29, 1.82) is 0 Å². The van der Waals surface area contributed by atoms with Gasteiger partial charge in [0.2, 0.25) is 0 Å². The van der Waals surface area contributed by atoms with Crippen LogP contribution in [0.25, 0.3) is 0 Å². The van der Waals surface area contributed by atoms with Crippen molar-refractivity contribution >= 4 is 39.5 Å². The van der Waals surface area contributed by atoms with Crippen LogP contribution in [0.1, 0.15) is 376 Å². The van der Waals surface area contributed by atoms with Crippen molar-refractivity contribution in [2.45, 2.75) is 395 Å². The lowest BCUT2D eigenvalue weighted by molar-refractivity contribution is -0.161. The molecule has 6 atom stereocenters. The lowest BCUT2D eigenvalue weighted by atomic mass is 9.99. The highest BCUT2D eigenvalue weighted by Crippen LogP contribution is 2.45. The van der Waals surface area contributed by atoms with Crippen molar-refractivity contribution in [2.24, 2.45) is 23.7 Å². The number of carbonyl (C=O) groups is 4. The topological polar surface area (TPSA) is 237 Å². The third kappa shape index (κ3) is 67.3. The van der Waals surface area contributed by atoms with E-state index in [9.17, 15) is 43.2 Å². The Morgan fingerprint density at radius 2 is 0.511 bits per heavy atom. The second-order valence-corrected chi connectivity index (χ2v) is 31.6. The summed E-state index contributed by atoms with van der Waals surface area (Å²) in [5.74, 6) is 0.941. The Morgan fingerprint density at radius 1 is 0.298 bits per heavy atom. The van der Waals surface area contributed by atoms with Gasteiger partial charge in [-0.15, -0.1) is 0 Å². The summed E-state index contributed by atoms with van der Waals surface area (Å²) in [6, 6.07) is 0. The molecule has 0 saturated carbocycles. The molecule has 0 aliphatic rings. The zero-order chi connectivity index (χ0) is 69.6. The summed E-state index contributed by atoms with van der Waals surface area (Å²) in [5.41, 5.74) is 0. The van der Waals surface area contributed by atoms with Crippen LogP contribution in [0.3, 0.4) is 0 Å². The molecule has 4 unspecified atom stereocenters. The lowest BCUT2D eigenvalue weighted by Crippen LogP contribution is -2.30. The van der Waals surface area contributed by atoms with Crippen LogP contribution in [0.5, 0.6) is 0 Å². The minimum absolute atomic E-state index is 0.104. The van der Waals surface area contributed by atoms with Gasteiger partial charge in [0.25, 0.3) is 0 Å². The highest BCUT2D eigenvalue weighted by atomic mass is 31.2. The molecule has 0 aromatic carbocycles. The Hall–Kier alpha value is -1.94. The van der Waals surface area contributed by atoms with E-state index in [-0.39, 0.29) is 25.7 Å². The minimum Gasteiger partial charge on any atom is -0.462 e. The Kier molecular flexibility index (Phi) is 63.1. The Labute approximate surface area is 575 Å². The number of carbonyl (C=O) groups excluding carboxylic acids is 4. The molecule has 0 bridgehead atoms. The van der Waals surface area contributed by atoms with Crippen molar-refractivity contribution in [3.05, 3.63) is 0 Å². The van der Waals surface area contributed by atoms with Crippen molar-refractivity contribution in [3.63, 3.8) is 0 Å². The van der Waals surface area contributed by atoms with Crippen molar-refractivity contribution in [2.75, 3.05) is 39.6 Å². The fourth-order valence-corrected chi connectivity index (χ4v) is 12.9. The van der Waals surface area contributed by atoms with Crippen LogP contribution in [-0.2, 0) is 65.4 Å². The molecule has 17 nitrogen and oxygen atoms in total. The second-order valence-electron chi connectivity index (χ2n) is 28.7. The smallest absolute Gasteiger partial charge is 0.462 e. The van der Waals surface area contributed by atoms with Gasteiger partial charge in [-0.2, -0.15) is 0 Å². The molecule has 0 saturated heterocycles. The molecule has 0 aromatic rings. The molecular weight excluding hydrogens is 1230 g/mol. The maximum absolute atomic E-state index is 13.1. The molecule has 0 aliphatic carbocycles. The maximum atomic E-state index is 13.1. The zero-order valence-corrected chi connectivity index (χ0v) is 63.4. The highest BCUT2D eigenvalue weighted by Gasteiger charge is 2.30. The zero-order valence-electron chi connectivity index (χ0n) is 61.6. The number of unbranched alkanes of at least 4 members (excludes halogenated alkanes) is 37. The lowest BCUT2D eigenvalue weighted by Gasteiger charge is -2.21. The van der Waals surface area contributed by atoms with Gasteiger partial charge in [0.05, 0.1) is 26.4 Å². The van der Waals surface area contributed by atoms with E-state index in [4.69, 9.17) is 37.0 Å². The second kappa shape index (κ2) is 64.4. The highest BCUT2D eigenvalue weighted by molar-refractivity contribution is 7.47. The van der Waals surface area contributed by atoms with Crippen molar-refractivity contribution in [3.8, 4) is 0 Å². The number of ether oxygens (including phenoxy) is 4. The maximum Gasteiger partial charge on any atom is 0.472 e. The minimum atomic E-state index is -4.96. The first kappa shape index (κ1) is 92.1. The van der Waals surface area contributed by atoms with Gasteiger partial charge in [0.1, 0.15) is 19.3 Å². The van der Waals surface area contributed by atoms with Crippen LogP contribution in [-0.4, -0.2) is 96.7 Å². The normalized spacial score (nSPS) is 14.4. The molecule has 0 rings (SSSR count). The fraction of sp³-hybridized carbons (Fsp3) is 0.947. The number of aliphatic hydroxyl groups excluding tert-OH is 1. The van der Waals surface area contributed by atoms with Crippen LogP contribution in [0.15, 0.2) is 0 Å². The number of esters is 4. The molecule has 19 heteroatoms. The summed E-state index contributed by atoms with van der Waals surface area (Å²) in [6.07, 6.45) is 48.5. The van der Waals surface area contributed by atoms with Gasteiger partial charge in [-0.1, -0.05) is 325 Å². The van der Waals surface area contributed by atoms with Crippen LogP contribution >= 0.6 is 15.6 Å². The van der Waals surface area contributed by atoms with Crippen molar-refractivity contribution < 1.29 is 80.2 Å². The Bertz CT molecular complexity index is 1850. The summed E-state index contributed by atoms with van der Waals surface area (Å²) < 4.78 is 68.5. The van der Waals surface area contributed by atoms with E-state index < -0.39 is 97.5 Å². The quantitative estimate of drug-likeness (QED) is 0.0222. The first-order valence-electron chi connectivity index (χ1n) is 38.7. The average molecular weight is 1380 g/mol. The van der Waals surface area contributed by atoms with Crippen LogP contribution < -0.4 is 0 Å². The molecular formula is C75H146O17P2. The van der Waals surface area contributed by atoms with E-state index in [1.807, 2.05) is 0 Å². The number of hydrogen-bond donors (Lipinski definition) is 3. The predicted molar refractivity (Wildman–Crippen MR) is 381 cm³/mol. The van der Waals surface area contributed by atoms with Gasteiger partial charge < -0.3 is 33.8 Å². The number of phosphoric acid groups is 2. The van der Waals surface area contributed by atoms with Crippen LogP contribution in [0, 0.1) is 23.7 Å². The van der Waals surface area contributed by atoms with Gasteiger partial charge in [0, 0.05) is 25.7 Å². The monoisotopic (exact) mass is 1380 g/mol. The Balaban J connectivity index is 5.27. The number of rotatable bonds is 72. The number of aliphatic hydroxyl groups is 1. The van der Waals surface area contributed by atoms with Gasteiger partial charge >= 0.3 is 39.5 Å².